The molecule has 0 saturated carbocycles. The highest BCUT2D eigenvalue weighted by Crippen LogP contribution is 2.31. The number of aryl methyl sites for hydroxylation is 2. The van der Waals surface area contributed by atoms with Crippen LogP contribution in [0.15, 0.2) is 4.79 Å². The Morgan fingerprint density at radius 2 is 2.30 bits per heavy atom. The van der Waals surface area contributed by atoms with E-state index < -0.39 is 0 Å². The van der Waals surface area contributed by atoms with Crippen LogP contribution in [-0.4, -0.2) is 22.7 Å². The second-order valence-electron chi connectivity index (χ2n) is 5.52. The molecule has 1 aliphatic heterocycles. The highest BCUT2D eigenvalue weighted by atomic mass is 32.1. The highest BCUT2D eigenvalue weighted by molar-refractivity contribution is 7.18. The van der Waals surface area contributed by atoms with Crippen molar-refractivity contribution in [2.75, 3.05) is 6.61 Å². The Bertz CT molecular complexity index is 689. The first-order chi connectivity index (χ1) is 9.60. The molecule has 108 valence electrons. The van der Waals surface area contributed by atoms with Crippen LogP contribution < -0.4 is 5.56 Å². The third-order valence-electron chi connectivity index (χ3n) is 4.11. The van der Waals surface area contributed by atoms with Crippen molar-refractivity contribution in [3.63, 3.8) is 0 Å². The Morgan fingerprint density at radius 1 is 1.50 bits per heavy atom. The standard InChI is InChI=1S/C15H20N2O2S/c1-4-11-9(3)20-15-12(11)14(18)16-13(17-15)10-5-6-19-8(2)7-10/h8,10H,4-7H2,1-3H3,(H,16,17,18)/t8-,10-/m0/s1. The zero-order valence-electron chi connectivity index (χ0n) is 12.2. The number of nitrogens with one attached hydrogen (secondary N) is 1. The number of ether oxygens (including phenoxy) is 1. The molecule has 0 aromatic carbocycles. The van der Waals surface area contributed by atoms with Gasteiger partial charge >= 0.3 is 0 Å². The minimum Gasteiger partial charge on any atom is -0.378 e. The quantitative estimate of drug-likeness (QED) is 0.925. The Labute approximate surface area is 122 Å². The van der Waals surface area contributed by atoms with Crippen molar-refractivity contribution in [1.82, 2.24) is 9.97 Å². The molecule has 1 N–H and O–H groups in total. The zero-order chi connectivity index (χ0) is 14.3. The Morgan fingerprint density at radius 3 is 3.00 bits per heavy atom. The van der Waals surface area contributed by atoms with Crippen LogP contribution in [0, 0.1) is 6.92 Å². The molecule has 0 radical (unpaired) electrons. The molecule has 2 aromatic heterocycles. The average molecular weight is 292 g/mol. The zero-order valence-corrected chi connectivity index (χ0v) is 13.0. The van der Waals surface area contributed by atoms with E-state index in [0.29, 0.717) is 5.92 Å². The molecule has 0 aliphatic carbocycles. The predicted molar refractivity (Wildman–Crippen MR) is 81.7 cm³/mol. The fraction of sp³-hybridized carbons (Fsp3) is 0.600. The van der Waals surface area contributed by atoms with Gasteiger partial charge in [-0.25, -0.2) is 4.98 Å². The van der Waals surface area contributed by atoms with E-state index in [1.54, 1.807) is 11.3 Å². The third-order valence-corrected chi connectivity index (χ3v) is 5.15. The largest absolute Gasteiger partial charge is 0.378 e. The summed E-state index contributed by atoms with van der Waals surface area (Å²) in [4.78, 5) is 22.2. The van der Waals surface area contributed by atoms with Crippen molar-refractivity contribution in [3.8, 4) is 0 Å². The van der Waals surface area contributed by atoms with Gasteiger partial charge in [-0.2, -0.15) is 0 Å². The number of H-pyrrole nitrogens is 1. The number of rotatable bonds is 2. The minimum atomic E-state index is 0.0188. The third kappa shape index (κ3) is 2.29. The molecule has 2 aromatic rings. The summed E-state index contributed by atoms with van der Waals surface area (Å²) in [5.41, 5.74) is 1.16. The maximum absolute atomic E-state index is 12.4. The fourth-order valence-corrected chi connectivity index (χ4v) is 4.18. The summed E-state index contributed by atoms with van der Waals surface area (Å²) in [5, 5.41) is 0.791. The van der Waals surface area contributed by atoms with Crippen LogP contribution in [0.5, 0.6) is 0 Å². The van der Waals surface area contributed by atoms with Crippen LogP contribution in [0.4, 0.5) is 0 Å². The topological polar surface area (TPSA) is 55.0 Å². The molecule has 5 heteroatoms. The van der Waals surface area contributed by atoms with Gasteiger partial charge in [-0.05, 0) is 38.7 Å². The average Bonchev–Trinajstić information content (AvgIpc) is 2.74. The first-order valence-corrected chi connectivity index (χ1v) is 8.05. The summed E-state index contributed by atoms with van der Waals surface area (Å²) in [6.45, 7) is 6.98. The van der Waals surface area contributed by atoms with Crippen LogP contribution in [0.25, 0.3) is 10.2 Å². The van der Waals surface area contributed by atoms with Gasteiger partial charge in [-0.1, -0.05) is 6.92 Å². The van der Waals surface area contributed by atoms with Crippen molar-refractivity contribution >= 4 is 21.6 Å². The molecule has 0 unspecified atom stereocenters. The molecule has 1 aliphatic rings. The van der Waals surface area contributed by atoms with Gasteiger partial charge in [-0.3, -0.25) is 4.79 Å². The van der Waals surface area contributed by atoms with E-state index in [1.165, 1.54) is 4.88 Å². The maximum atomic E-state index is 12.4. The second kappa shape index (κ2) is 5.30. The summed E-state index contributed by atoms with van der Waals surface area (Å²) >= 11 is 1.63. The Balaban J connectivity index is 2.08. The summed E-state index contributed by atoms with van der Waals surface area (Å²) in [7, 11) is 0. The lowest BCUT2D eigenvalue weighted by atomic mass is 9.95. The second-order valence-corrected chi connectivity index (χ2v) is 6.73. The predicted octanol–water partition coefficient (Wildman–Crippen LogP) is 3.14. The van der Waals surface area contributed by atoms with E-state index in [9.17, 15) is 4.79 Å². The van der Waals surface area contributed by atoms with Crippen molar-refractivity contribution in [3.05, 3.63) is 26.6 Å². The molecule has 1 saturated heterocycles. The maximum Gasteiger partial charge on any atom is 0.259 e. The molecule has 3 heterocycles. The Hall–Kier alpha value is -1.20. The van der Waals surface area contributed by atoms with Crippen LogP contribution in [0.3, 0.4) is 0 Å². The number of aromatic amines is 1. The van der Waals surface area contributed by atoms with Gasteiger partial charge in [-0.15, -0.1) is 11.3 Å². The molecular formula is C15H20N2O2S. The lowest BCUT2D eigenvalue weighted by molar-refractivity contribution is 0.0173. The lowest BCUT2D eigenvalue weighted by Gasteiger charge is -2.26. The van der Waals surface area contributed by atoms with Gasteiger partial charge in [0.2, 0.25) is 0 Å². The van der Waals surface area contributed by atoms with E-state index in [4.69, 9.17) is 9.72 Å². The molecular weight excluding hydrogens is 272 g/mol. The van der Waals surface area contributed by atoms with Gasteiger partial charge in [0.05, 0.1) is 11.5 Å². The van der Waals surface area contributed by atoms with Gasteiger partial charge in [0, 0.05) is 17.4 Å². The monoisotopic (exact) mass is 292 g/mol. The van der Waals surface area contributed by atoms with Crippen molar-refractivity contribution in [2.45, 2.75) is 52.1 Å². The van der Waals surface area contributed by atoms with Crippen molar-refractivity contribution in [1.29, 1.82) is 0 Å². The van der Waals surface area contributed by atoms with Gasteiger partial charge in [0.1, 0.15) is 10.7 Å². The lowest BCUT2D eigenvalue weighted by Crippen LogP contribution is -2.25. The number of nitrogens with zero attached hydrogens (tertiary/aromatic N) is 1. The number of hydrogen-bond acceptors (Lipinski definition) is 4. The van der Waals surface area contributed by atoms with Crippen LogP contribution in [0.1, 0.15) is 48.9 Å². The van der Waals surface area contributed by atoms with E-state index in [0.717, 1.165) is 47.5 Å². The molecule has 20 heavy (non-hydrogen) atoms. The molecule has 4 nitrogen and oxygen atoms in total. The molecule has 0 amide bonds. The van der Waals surface area contributed by atoms with Crippen LogP contribution in [-0.2, 0) is 11.2 Å². The van der Waals surface area contributed by atoms with Gasteiger partial charge < -0.3 is 9.72 Å². The van der Waals surface area contributed by atoms with Crippen molar-refractivity contribution < 1.29 is 4.74 Å². The van der Waals surface area contributed by atoms with Gasteiger partial charge in [0.15, 0.2) is 0 Å². The summed E-state index contributed by atoms with van der Waals surface area (Å²) in [5.74, 6) is 1.14. The van der Waals surface area contributed by atoms with E-state index in [1.807, 2.05) is 0 Å². The number of thiophene rings is 1. The number of hydrogen-bond donors (Lipinski definition) is 1. The molecule has 3 rings (SSSR count). The fourth-order valence-electron chi connectivity index (χ4n) is 3.06. The summed E-state index contributed by atoms with van der Waals surface area (Å²) in [6.07, 6.45) is 2.99. The summed E-state index contributed by atoms with van der Waals surface area (Å²) < 4.78 is 5.57. The van der Waals surface area contributed by atoms with Crippen molar-refractivity contribution in [2.24, 2.45) is 0 Å². The minimum absolute atomic E-state index is 0.0188. The Kier molecular flexibility index (Phi) is 3.65. The molecule has 0 bridgehead atoms. The SMILES string of the molecule is CCc1c(C)sc2nc([C@H]3CCO[C@@H](C)C3)[nH]c(=O)c12. The molecule has 2 atom stereocenters. The summed E-state index contributed by atoms with van der Waals surface area (Å²) in [6, 6.07) is 0. The van der Waals surface area contributed by atoms with Gasteiger partial charge in [0.25, 0.3) is 5.56 Å². The molecule has 1 fully saturated rings. The van der Waals surface area contributed by atoms with E-state index in [2.05, 4.69) is 25.8 Å². The first-order valence-electron chi connectivity index (χ1n) is 7.24. The molecule has 0 spiro atoms. The smallest absolute Gasteiger partial charge is 0.259 e. The van der Waals surface area contributed by atoms with E-state index in [-0.39, 0.29) is 11.7 Å². The van der Waals surface area contributed by atoms with Crippen LogP contribution in [0.2, 0.25) is 0 Å². The first kappa shape index (κ1) is 13.8. The van der Waals surface area contributed by atoms with E-state index >= 15 is 0 Å². The normalized spacial score (nSPS) is 23.4. The number of aromatic nitrogens is 2. The highest BCUT2D eigenvalue weighted by Gasteiger charge is 2.24. The number of fused-ring (bicyclic) bond motifs is 1. The van der Waals surface area contributed by atoms with Crippen LogP contribution >= 0.6 is 11.3 Å².